The molecule has 0 unspecified atom stereocenters. The van der Waals surface area contributed by atoms with Crippen LogP contribution in [-0.2, 0) is 14.8 Å². The highest BCUT2D eigenvalue weighted by Crippen LogP contribution is 2.22. The van der Waals surface area contributed by atoms with E-state index < -0.39 is 10.0 Å². The first kappa shape index (κ1) is 20.4. The second-order valence-electron chi connectivity index (χ2n) is 6.22. The molecular formula is C21H22N2O3S2. The van der Waals surface area contributed by atoms with Crippen LogP contribution >= 0.6 is 11.8 Å². The van der Waals surface area contributed by atoms with E-state index in [1.807, 2.05) is 48.7 Å². The fraction of sp³-hybridized carbons (Fsp3) is 0.190. The van der Waals surface area contributed by atoms with Crippen molar-refractivity contribution < 1.29 is 13.2 Å². The van der Waals surface area contributed by atoms with Gasteiger partial charge in [-0.05, 0) is 47.4 Å². The summed E-state index contributed by atoms with van der Waals surface area (Å²) in [5, 5.41) is 4.59. The van der Waals surface area contributed by atoms with Gasteiger partial charge >= 0.3 is 0 Å². The maximum atomic E-state index is 13.0. The second-order valence-corrected chi connectivity index (χ2v) is 9.04. The van der Waals surface area contributed by atoms with Gasteiger partial charge in [0.1, 0.15) is 0 Å². The number of nitrogens with zero attached hydrogens (tertiary/aromatic N) is 1. The van der Waals surface area contributed by atoms with E-state index in [1.165, 1.54) is 4.31 Å². The van der Waals surface area contributed by atoms with E-state index in [0.717, 1.165) is 15.7 Å². The largest absolute Gasteiger partial charge is 0.325 e. The van der Waals surface area contributed by atoms with Gasteiger partial charge in [0.2, 0.25) is 15.9 Å². The third-order valence-corrected chi connectivity index (χ3v) is 7.03. The molecule has 0 fully saturated rings. The molecule has 0 radical (unpaired) electrons. The Kier molecular flexibility index (Phi) is 6.39. The van der Waals surface area contributed by atoms with Gasteiger partial charge in [-0.15, -0.1) is 11.8 Å². The Labute approximate surface area is 169 Å². The zero-order valence-corrected chi connectivity index (χ0v) is 17.4. The highest BCUT2D eigenvalue weighted by Gasteiger charge is 2.25. The summed E-state index contributed by atoms with van der Waals surface area (Å²) >= 11 is 1.57. The summed E-state index contributed by atoms with van der Waals surface area (Å²) in [4.78, 5) is 13.7. The van der Waals surface area contributed by atoms with Crippen LogP contribution in [0.1, 0.15) is 6.92 Å². The number of carbonyl (C=O) groups is 1. The van der Waals surface area contributed by atoms with Gasteiger partial charge in [-0.3, -0.25) is 4.79 Å². The Hall–Kier alpha value is -2.35. The molecule has 146 valence electrons. The number of hydrogen-bond donors (Lipinski definition) is 1. The maximum Gasteiger partial charge on any atom is 0.243 e. The number of anilines is 1. The molecule has 0 aliphatic heterocycles. The molecule has 7 heteroatoms. The molecule has 0 aliphatic carbocycles. The van der Waals surface area contributed by atoms with Crippen LogP contribution in [0.25, 0.3) is 10.8 Å². The van der Waals surface area contributed by atoms with Gasteiger partial charge in [0, 0.05) is 17.1 Å². The molecule has 0 atom stereocenters. The topological polar surface area (TPSA) is 66.5 Å². The number of thioether (sulfide) groups is 1. The maximum absolute atomic E-state index is 13.0. The number of benzene rings is 3. The number of amides is 1. The number of fused-ring (bicyclic) bond motifs is 1. The van der Waals surface area contributed by atoms with Gasteiger partial charge < -0.3 is 5.32 Å². The van der Waals surface area contributed by atoms with Gasteiger partial charge in [-0.2, -0.15) is 4.31 Å². The molecular weight excluding hydrogens is 392 g/mol. The standard InChI is InChI=1S/C21H22N2O3S2/c1-3-23(15-21(24)22-18-9-6-10-19(14-18)27-2)28(25,26)20-12-11-16-7-4-5-8-17(16)13-20/h4-14H,3,15H2,1-2H3,(H,22,24). The summed E-state index contributed by atoms with van der Waals surface area (Å²) in [7, 11) is -3.77. The number of nitrogens with one attached hydrogen (secondary N) is 1. The number of rotatable bonds is 7. The molecule has 1 amide bonds. The minimum Gasteiger partial charge on any atom is -0.325 e. The van der Waals surface area contributed by atoms with Crippen molar-refractivity contribution in [2.45, 2.75) is 16.7 Å². The van der Waals surface area contributed by atoms with Crippen molar-refractivity contribution in [1.29, 1.82) is 0 Å². The first-order valence-corrected chi connectivity index (χ1v) is 11.5. The Morgan fingerprint density at radius 1 is 1.00 bits per heavy atom. The highest BCUT2D eigenvalue weighted by molar-refractivity contribution is 7.98. The Morgan fingerprint density at radius 3 is 2.46 bits per heavy atom. The zero-order chi connectivity index (χ0) is 20.1. The molecule has 0 aromatic heterocycles. The summed E-state index contributed by atoms with van der Waals surface area (Å²) < 4.78 is 27.3. The molecule has 3 rings (SSSR count). The fourth-order valence-electron chi connectivity index (χ4n) is 2.91. The minimum atomic E-state index is -3.77. The van der Waals surface area contributed by atoms with Crippen LogP contribution in [0, 0.1) is 0 Å². The zero-order valence-electron chi connectivity index (χ0n) is 15.8. The van der Waals surface area contributed by atoms with E-state index in [4.69, 9.17) is 0 Å². The molecule has 0 saturated carbocycles. The Bertz CT molecular complexity index is 1100. The molecule has 0 aliphatic rings. The number of sulfonamides is 1. The van der Waals surface area contributed by atoms with Crippen LogP contribution in [0.4, 0.5) is 5.69 Å². The quantitative estimate of drug-likeness (QED) is 0.588. The molecule has 3 aromatic carbocycles. The molecule has 3 aromatic rings. The van der Waals surface area contributed by atoms with Gasteiger partial charge in [0.05, 0.1) is 11.4 Å². The SMILES string of the molecule is CCN(CC(=O)Nc1cccc(SC)c1)S(=O)(=O)c1ccc2ccccc2c1. The lowest BCUT2D eigenvalue weighted by Gasteiger charge is -2.20. The van der Waals surface area contributed by atoms with Crippen molar-refractivity contribution in [3.05, 3.63) is 66.7 Å². The fourth-order valence-corrected chi connectivity index (χ4v) is 4.81. The molecule has 0 spiro atoms. The summed E-state index contributed by atoms with van der Waals surface area (Å²) in [6, 6.07) is 20.0. The van der Waals surface area contributed by atoms with Gasteiger partial charge in [0.15, 0.2) is 0 Å². The first-order chi connectivity index (χ1) is 13.4. The van der Waals surface area contributed by atoms with Crippen molar-refractivity contribution >= 4 is 44.2 Å². The molecule has 0 heterocycles. The van der Waals surface area contributed by atoms with Crippen molar-refractivity contribution in [3.63, 3.8) is 0 Å². The number of hydrogen-bond acceptors (Lipinski definition) is 4. The average Bonchev–Trinajstić information content (AvgIpc) is 2.71. The van der Waals surface area contributed by atoms with Crippen LogP contribution in [0.15, 0.2) is 76.5 Å². The van der Waals surface area contributed by atoms with Crippen molar-refractivity contribution in [2.24, 2.45) is 0 Å². The Balaban J connectivity index is 1.79. The molecule has 0 bridgehead atoms. The van der Waals surface area contributed by atoms with E-state index in [-0.39, 0.29) is 23.9 Å². The summed E-state index contributed by atoms with van der Waals surface area (Å²) in [6.45, 7) is 1.68. The van der Waals surface area contributed by atoms with Crippen molar-refractivity contribution in [1.82, 2.24) is 4.31 Å². The Morgan fingerprint density at radius 2 is 1.75 bits per heavy atom. The normalized spacial score (nSPS) is 11.7. The predicted octanol–water partition coefficient (Wildman–Crippen LogP) is 4.21. The highest BCUT2D eigenvalue weighted by atomic mass is 32.2. The average molecular weight is 415 g/mol. The lowest BCUT2D eigenvalue weighted by molar-refractivity contribution is -0.116. The summed E-state index contributed by atoms with van der Waals surface area (Å²) in [6.07, 6.45) is 1.95. The van der Waals surface area contributed by atoms with Crippen LogP contribution in [0.3, 0.4) is 0 Å². The van der Waals surface area contributed by atoms with Crippen LogP contribution in [0.5, 0.6) is 0 Å². The molecule has 0 saturated heterocycles. The first-order valence-electron chi connectivity index (χ1n) is 8.87. The van der Waals surface area contributed by atoms with Crippen molar-refractivity contribution in [3.8, 4) is 0 Å². The monoisotopic (exact) mass is 414 g/mol. The van der Waals surface area contributed by atoms with Gasteiger partial charge in [-0.1, -0.05) is 43.3 Å². The predicted molar refractivity (Wildman–Crippen MR) is 115 cm³/mol. The van der Waals surface area contributed by atoms with Crippen LogP contribution in [0.2, 0.25) is 0 Å². The van der Waals surface area contributed by atoms with E-state index in [0.29, 0.717) is 5.69 Å². The molecule has 5 nitrogen and oxygen atoms in total. The lowest BCUT2D eigenvalue weighted by Crippen LogP contribution is -2.37. The van der Waals surface area contributed by atoms with Crippen molar-refractivity contribution in [2.75, 3.05) is 24.7 Å². The van der Waals surface area contributed by atoms with Crippen LogP contribution in [-0.4, -0.2) is 38.0 Å². The molecule has 1 N–H and O–H groups in total. The minimum absolute atomic E-state index is 0.185. The smallest absolute Gasteiger partial charge is 0.243 e. The summed E-state index contributed by atoms with van der Waals surface area (Å²) in [5.41, 5.74) is 0.649. The van der Waals surface area contributed by atoms with E-state index >= 15 is 0 Å². The molecule has 28 heavy (non-hydrogen) atoms. The van der Waals surface area contributed by atoms with E-state index in [9.17, 15) is 13.2 Å². The lowest BCUT2D eigenvalue weighted by atomic mass is 10.1. The second kappa shape index (κ2) is 8.77. The van der Waals surface area contributed by atoms with E-state index in [1.54, 1.807) is 43.0 Å². The third-order valence-electron chi connectivity index (χ3n) is 4.38. The van der Waals surface area contributed by atoms with Gasteiger partial charge in [0.25, 0.3) is 0 Å². The third kappa shape index (κ3) is 4.55. The van der Waals surface area contributed by atoms with E-state index in [2.05, 4.69) is 5.32 Å². The number of likely N-dealkylation sites (N-methyl/N-ethyl adjacent to an activating group) is 1. The van der Waals surface area contributed by atoms with Crippen LogP contribution < -0.4 is 5.32 Å². The van der Waals surface area contributed by atoms with Gasteiger partial charge in [-0.25, -0.2) is 8.42 Å². The number of carbonyl (C=O) groups excluding carboxylic acids is 1. The summed E-state index contributed by atoms with van der Waals surface area (Å²) in [5.74, 6) is -0.371.